The highest BCUT2D eigenvalue weighted by Gasteiger charge is 2.17. The van der Waals surface area contributed by atoms with E-state index in [2.05, 4.69) is 5.32 Å². The molecule has 0 aromatic carbocycles. The number of rotatable bonds is 3. The predicted octanol–water partition coefficient (Wildman–Crippen LogP) is 1.74. The first-order valence-electron chi connectivity index (χ1n) is 5.74. The van der Waals surface area contributed by atoms with Gasteiger partial charge in [-0.2, -0.15) is 0 Å². The topological polar surface area (TPSA) is 49.3 Å². The molecular formula is C12H17NO2S. The number of hydrogen-bond acceptors (Lipinski definition) is 3. The summed E-state index contributed by atoms with van der Waals surface area (Å²) in [5, 5.41) is 11.8. The summed E-state index contributed by atoms with van der Waals surface area (Å²) in [5.41, 5.74) is 1.35. The van der Waals surface area contributed by atoms with Gasteiger partial charge in [-0.05, 0) is 44.2 Å². The average Bonchev–Trinajstić information content (AvgIpc) is 2.69. The Labute approximate surface area is 99.5 Å². The summed E-state index contributed by atoms with van der Waals surface area (Å²) in [6, 6.07) is 2.01. The third-order valence-electron chi connectivity index (χ3n) is 2.78. The largest absolute Gasteiger partial charge is 0.392 e. The lowest BCUT2D eigenvalue weighted by atomic mass is 9.99. The first-order valence-corrected chi connectivity index (χ1v) is 6.56. The summed E-state index contributed by atoms with van der Waals surface area (Å²) >= 11 is 1.60. The monoisotopic (exact) mass is 239 g/mol. The van der Waals surface area contributed by atoms with E-state index in [1.165, 1.54) is 23.3 Å². The summed E-state index contributed by atoms with van der Waals surface area (Å²) < 4.78 is 0. The number of aryl methyl sites for hydroxylation is 2. The molecule has 3 nitrogen and oxygen atoms in total. The molecule has 0 saturated carbocycles. The van der Waals surface area contributed by atoms with E-state index < -0.39 is 6.10 Å². The second kappa shape index (κ2) is 4.97. The van der Waals surface area contributed by atoms with Crippen molar-refractivity contribution in [2.45, 2.75) is 38.7 Å². The second-order valence-corrected chi connectivity index (χ2v) is 5.46. The Morgan fingerprint density at radius 2 is 2.31 bits per heavy atom. The maximum absolute atomic E-state index is 11.8. The number of hydrogen-bond donors (Lipinski definition) is 2. The van der Waals surface area contributed by atoms with Gasteiger partial charge in [0.05, 0.1) is 11.0 Å². The number of aliphatic hydroxyl groups excluding tert-OH is 1. The molecule has 0 spiro atoms. The molecule has 0 bridgehead atoms. The van der Waals surface area contributed by atoms with Crippen LogP contribution in [0.3, 0.4) is 0 Å². The van der Waals surface area contributed by atoms with Crippen molar-refractivity contribution in [2.24, 2.45) is 0 Å². The Kier molecular flexibility index (Phi) is 3.61. The van der Waals surface area contributed by atoms with Gasteiger partial charge >= 0.3 is 0 Å². The summed E-state index contributed by atoms with van der Waals surface area (Å²) in [6.45, 7) is 1.99. The van der Waals surface area contributed by atoms with Gasteiger partial charge in [0.15, 0.2) is 0 Å². The van der Waals surface area contributed by atoms with Crippen molar-refractivity contribution in [2.75, 3.05) is 6.54 Å². The van der Waals surface area contributed by atoms with Gasteiger partial charge in [-0.15, -0.1) is 11.3 Å². The summed E-state index contributed by atoms with van der Waals surface area (Å²) in [4.78, 5) is 13.9. The standard InChI is InChI=1S/C12H17NO2S/c1-8(14)7-13-12(15)11-6-9-4-2-3-5-10(9)16-11/h6,8,14H,2-5,7H2,1H3,(H,13,15)/t8-/m1/s1. The van der Waals surface area contributed by atoms with Crippen LogP contribution in [0, 0.1) is 0 Å². The van der Waals surface area contributed by atoms with Crippen molar-refractivity contribution in [3.8, 4) is 0 Å². The minimum Gasteiger partial charge on any atom is -0.392 e. The molecule has 2 N–H and O–H groups in total. The number of carbonyl (C=O) groups is 1. The van der Waals surface area contributed by atoms with Gasteiger partial charge in [-0.1, -0.05) is 0 Å². The third-order valence-corrected chi connectivity index (χ3v) is 4.01. The fraction of sp³-hybridized carbons (Fsp3) is 0.583. The van der Waals surface area contributed by atoms with Crippen LogP contribution in [0.25, 0.3) is 0 Å². The first-order chi connectivity index (χ1) is 7.66. The van der Waals surface area contributed by atoms with Crippen LogP contribution in [0.1, 0.15) is 39.9 Å². The Bertz CT molecular complexity index is 361. The van der Waals surface area contributed by atoms with Crippen LogP contribution in [-0.2, 0) is 12.8 Å². The van der Waals surface area contributed by atoms with Gasteiger partial charge in [0.1, 0.15) is 0 Å². The van der Waals surface area contributed by atoms with Gasteiger partial charge in [0.2, 0.25) is 0 Å². The van der Waals surface area contributed by atoms with Crippen molar-refractivity contribution >= 4 is 17.2 Å². The quantitative estimate of drug-likeness (QED) is 0.844. The van der Waals surface area contributed by atoms with E-state index in [4.69, 9.17) is 5.11 Å². The van der Waals surface area contributed by atoms with E-state index in [0.29, 0.717) is 6.54 Å². The van der Waals surface area contributed by atoms with Gasteiger partial charge in [0, 0.05) is 11.4 Å². The minimum atomic E-state index is -0.487. The molecule has 1 aromatic rings. The molecular weight excluding hydrogens is 222 g/mol. The van der Waals surface area contributed by atoms with Crippen molar-refractivity contribution < 1.29 is 9.90 Å². The zero-order valence-electron chi connectivity index (χ0n) is 9.45. The van der Waals surface area contributed by atoms with Crippen LogP contribution in [0.4, 0.5) is 0 Å². The van der Waals surface area contributed by atoms with Crippen molar-refractivity contribution in [3.05, 3.63) is 21.4 Å². The van der Waals surface area contributed by atoms with Crippen LogP contribution in [0.2, 0.25) is 0 Å². The highest BCUT2D eigenvalue weighted by Crippen LogP contribution is 2.29. The second-order valence-electron chi connectivity index (χ2n) is 4.33. The first kappa shape index (κ1) is 11.6. The van der Waals surface area contributed by atoms with Crippen molar-refractivity contribution in [1.29, 1.82) is 0 Å². The van der Waals surface area contributed by atoms with Gasteiger partial charge in [-0.3, -0.25) is 4.79 Å². The molecule has 0 radical (unpaired) electrons. The molecule has 88 valence electrons. The highest BCUT2D eigenvalue weighted by molar-refractivity contribution is 7.14. The van der Waals surface area contributed by atoms with E-state index in [1.54, 1.807) is 18.3 Å². The molecule has 1 aliphatic carbocycles. The molecule has 2 rings (SSSR count). The summed E-state index contributed by atoms with van der Waals surface area (Å²) in [6.07, 6.45) is 4.21. The SMILES string of the molecule is C[C@@H](O)CNC(=O)c1cc2c(s1)CCCC2. The maximum Gasteiger partial charge on any atom is 0.261 e. The number of amides is 1. The molecule has 1 atom stereocenters. The van der Waals surface area contributed by atoms with Crippen LogP contribution >= 0.6 is 11.3 Å². The number of aliphatic hydroxyl groups is 1. The summed E-state index contributed by atoms with van der Waals surface area (Å²) in [7, 11) is 0. The van der Waals surface area contributed by atoms with Gasteiger partial charge < -0.3 is 10.4 Å². The lowest BCUT2D eigenvalue weighted by molar-refractivity contribution is 0.0928. The summed E-state index contributed by atoms with van der Waals surface area (Å²) in [5.74, 6) is -0.0553. The van der Waals surface area contributed by atoms with Crippen LogP contribution in [0.5, 0.6) is 0 Å². The molecule has 0 fully saturated rings. The molecule has 4 heteroatoms. The van der Waals surface area contributed by atoms with Gasteiger partial charge in [0.25, 0.3) is 5.91 Å². The molecule has 0 aliphatic heterocycles. The molecule has 1 aliphatic rings. The maximum atomic E-state index is 11.8. The number of carbonyl (C=O) groups excluding carboxylic acids is 1. The van der Waals surface area contributed by atoms with E-state index in [1.807, 2.05) is 6.07 Å². The Morgan fingerprint density at radius 3 is 3.00 bits per heavy atom. The van der Waals surface area contributed by atoms with E-state index >= 15 is 0 Å². The average molecular weight is 239 g/mol. The molecule has 16 heavy (non-hydrogen) atoms. The molecule has 1 amide bonds. The predicted molar refractivity (Wildman–Crippen MR) is 65.0 cm³/mol. The van der Waals surface area contributed by atoms with E-state index in [0.717, 1.165) is 17.7 Å². The smallest absolute Gasteiger partial charge is 0.261 e. The van der Waals surface area contributed by atoms with E-state index in [-0.39, 0.29) is 5.91 Å². The normalized spacial score (nSPS) is 16.6. The lowest BCUT2D eigenvalue weighted by Crippen LogP contribution is -2.29. The zero-order valence-corrected chi connectivity index (χ0v) is 10.3. The zero-order chi connectivity index (χ0) is 11.5. The van der Waals surface area contributed by atoms with E-state index in [9.17, 15) is 4.79 Å². The molecule has 1 heterocycles. The van der Waals surface area contributed by atoms with Crippen molar-refractivity contribution in [3.63, 3.8) is 0 Å². The number of nitrogens with one attached hydrogen (secondary N) is 1. The highest BCUT2D eigenvalue weighted by atomic mass is 32.1. The Hall–Kier alpha value is -0.870. The fourth-order valence-corrected chi connectivity index (χ4v) is 3.10. The number of fused-ring (bicyclic) bond motifs is 1. The Balaban J connectivity index is 2.03. The van der Waals surface area contributed by atoms with Crippen LogP contribution < -0.4 is 5.32 Å². The molecule has 0 saturated heterocycles. The Morgan fingerprint density at radius 1 is 1.56 bits per heavy atom. The van der Waals surface area contributed by atoms with Crippen LogP contribution in [-0.4, -0.2) is 23.7 Å². The minimum absolute atomic E-state index is 0.0553. The third kappa shape index (κ3) is 2.62. The molecule has 1 aromatic heterocycles. The van der Waals surface area contributed by atoms with Gasteiger partial charge in [-0.25, -0.2) is 0 Å². The number of thiophene rings is 1. The van der Waals surface area contributed by atoms with Crippen LogP contribution in [0.15, 0.2) is 6.07 Å². The fourth-order valence-electron chi connectivity index (χ4n) is 1.93. The van der Waals surface area contributed by atoms with Crippen molar-refractivity contribution in [1.82, 2.24) is 5.32 Å². The lowest BCUT2D eigenvalue weighted by Gasteiger charge is -2.08. The molecule has 0 unspecified atom stereocenters.